The number of carbonyl (C=O) groups is 2. The summed E-state index contributed by atoms with van der Waals surface area (Å²) in [4.78, 5) is 22.3. The number of allylic oxidation sites excluding steroid dienone is 3. The Morgan fingerprint density at radius 3 is 2.44 bits per heavy atom. The van der Waals surface area contributed by atoms with E-state index in [-0.39, 0.29) is 12.0 Å². The van der Waals surface area contributed by atoms with Crippen LogP contribution in [0.25, 0.3) is 0 Å². The van der Waals surface area contributed by atoms with E-state index >= 15 is 0 Å². The molecule has 0 spiro atoms. The van der Waals surface area contributed by atoms with E-state index in [2.05, 4.69) is 9.47 Å². The van der Waals surface area contributed by atoms with Crippen LogP contribution in [0, 0.1) is 0 Å². The second-order valence-electron chi connectivity index (χ2n) is 2.84. The minimum atomic E-state index is -0.541. The fourth-order valence-electron chi connectivity index (χ4n) is 0.901. The largest absolute Gasteiger partial charge is 0.469 e. The van der Waals surface area contributed by atoms with Gasteiger partial charge in [0.25, 0.3) is 0 Å². The number of hydrogen-bond acceptors (Lipinski definition) is 4. The van der Waals surface area contributed by atoms with Crippen LogP contribution in [-0.2, 0) is 19.1 Å². The molecular weight excluding hydrogens is 232 g/mol. The molecule has 4 nitrogen and oxygen atoms in total. The lowest BCUT2D eigenvalue weighted by Crippen LogP contribution is -2.10. The minimum Gasteiger partial charge on any atom is -0.469 e. The quantitative estimate of drug-likeness (QED) is 0.311. The van der Waals surface area contributed by atoms with Crippen LogP contribution < -0.4 is 0 Å². The SMILES string of the molecule is COC(=O)C/C(=C\C=C\CCCl)C(=O)OC. The number of esters is 2. The molecule has 0 fully saturated rings. The van der Waals surface area contributed by atoms with E-state index in [9.17, 15) is 9.59 Å². The molecule has 90 valence electrons. The van der Waals surface area contributed by atoms with Crippen molar-refractivity contribution in [3.05, 3.63) is 23.8 Å². The van der Waals surface area contributed by atoms with Crippen LogP contribution in [0.1, 0.15) is 12.8 Å². The first-order valence-corrected chi connectivity index (χ1v) is 5.26. The fourth-order valence-corrected chi connectivity index (χ4v) is 1.03. The lowest BCUT2D eigenvalue weighted by molar-refractivity contribution is -0.143. The van der Waals surface area contributed by atoms with Crippen LogP contribution >= 0.6 is 11.6 Å². The summed E-state index contributed by atoms with van der Waals surface area (Å²) in [6.45, 7) is 0. The first-order valence-electron chi connectivity index (χ1n) is 4.72. The van der Waals surface area contributed by atoms with E-state index in [4.69, 9.17) is 11.6 Å². The molecule has 0 radical (unpaired) electrons. The zero-order valence-corrected chi connectivity index (χ0v) is 10.1. The summed E-state index contributed by atoms with van der Waals surface area (Å²) in [6, 6.07) is 0. The topological polar surface area (TPSA) is 52.6 Å². The van der Waals surface area contributed by atoms with Gasteiger partial charge in [0.2, 0.25) is 0 Å². The predicted octanol–water partition coefficient (Wildman–Crippen LogP) is 1.83. The highest BCUT2D eigenvalue weighted by atomic mass is 35.5. The molecule has 0 aliphatic heterocycles. The Hall–Kier alpha value is -1.29. The third-order valence-corrected chi connectivity index (χ3v) is 1.94. The molecule has 0 bridgehead atoms. The third-order valence-electron chi connectivity index (χ3n) is 1.72. The van der Waals surface area contributed by atoms with Gasteiger partial charge in [-0.2, -0.15) is 0 Å². The number of ether oxygens (including phenoxy) is 2. The van der Waals surface area contributed by atoms with E-state index in [1.807, 2.05) is 0 Å². The first kappa shape index (κ1) is 14.7. The molecule has 0 saturated carbocycles. The number of hydrogen-bond donors (Lipinski definition) is 0. The molecule has 0 N–H and O–H groups in total. The fraction of sp³-hybridized carbons (Fsp3) is 0.455. The zero-order valence-electron chi connectivity index (χ0n) is 9.36. The molecule has 0 heterocycles. The minimum absolute atomic E-state index is 0.103. The van der Waals surface area contributed by atoms with Gasteiger partial charge in [0, 0.05) is 11.5 Å². The van der Waals surface area contributed by atoms with Crippen LogP contribution in [-0.4, -0.2) is 32.0 Å². The lowest BCUT2D eigenvalue weighted by atomic mass is 10.1. The molecule has 0 atom stereocenters. The standard InChI is InChI=1S/C11H15ClO4/c1-15-10(13)8-9(11(14)16-2)6-4-3-5-7-12/h3-4,6H,5,7-8H2,1-2H3/b4-3+,9-6+. The highest BCUT2D eigenvalue weighted by Gasteiger charge is 2.13. The van der Waals surface area contributed by atoms with Gasteiger partial charge in [0.15, 0.2) is 0 Å². The molecule has 5 heteroatoms. The molecule has 0 unspecified atom stereocenters. The van der Waals surface area contributed by atoms with Crippen molar-refractivity contribution in [2.75, 3.05) is 20.1 Å². The summed E-state index contributed by atoms with van der Waals surface area (Å²) >= 11 is 5.48. The Labute approximate surface area is 99.9 Å². The lowest BCUT2D eigenvalue weighted by Gasteiger charge is -2.02. The Balaban J connectivity index is 4.53. The molecule has 0 aromatic heterocycles. The summed E-state index contributed by atoms with van der Waals surface area (Å²) in [7, 11) is 2.52. The summed E-state index contributed by atoms with van der Waals surface area (Å²) in [6.07, 6.45) is 5.58. The molecule has 0 aromatic carbocycles. The summed E-state index contributed by atoms with van der Waals surface area (Å²) in [5.74, 6) is -0.516. The highest BCUT2D eigenvalue weighted by molar-refractivity contribution is 6.17. The van der Waals surface area contributed by atoms with Crippen molar-refractivity contribution in [2.24, 2.45) is 0 Å². The van der Waals surface area contributed by atoms with Gasteiger partial charge in [-0.05, 0) is 6.42 Å². The van der Waals surface area contributed by atoms with E-state index in [0.29, 0.717) is 12.3 Å². The third kappa shape index (κ3) is 6.24. The number of halogens is 1. The monoisotopic (exact) mass is 246 g/mol. The maximum atomic E-state index is 11.3. The van der Waals surface area contributed by atoms with E-state index in [1.54, 1.807) is 12.2 Å². The highest BCUT2D eigenvalue weighted by Crippen LogP contribution is 2.06. The molecule has 0 saturated heterocycles. The van der Waals surface area contributed by atoms with Gasteiger partial charge in [-0.15, -0.1) is 11.6 Å². The molecule has 0 rings (SSSR count). The number of rotatable bonds is 6. The van der Waals surface area contributed by atoms with Gasteiger partial charge in [0.05, 0.1) is 20.6 Å². The Kier molecular flexibility index (Phi) is 8.25. The molecule has 0 amide bonds. The van der Waals surface area contributed by atoms with Crippen LogP contribution in [0.2, 0.25) is 0 Å². The molecule has 0 aliphatic carbocycles. The van der Waals surface area contributed by atoms with Crippen molar-refractivity contribution in [3.8, 4) is 0 Å². The van der Waals surface area contributed by atoms with Crippen molar-refractivity contribution in [2.45, 2.75) is 12.8 Å². The van der Waals surface area contributed by atoms with Crippen LogP contribution in [0.3, 0.4) is 0 Å². The van der Waals surface area contributed by atoms with Gasteiger partial charge < -0.3 is 9.47 Å². The molecular formula is C11H15ClO4. The van der Waals surface area contributed by atoms with Crippen LogP contribution in [0.15, 0.2) is 23.8 Å². The maximum Gasteiger partial charge on any atom is 0.334 e. The van der Waals surface area contributed by atoms with E-state index in [1.165, 1.54) is 20.3 Å². The van der Waals surface area contributed by atoms with E-state index < -0.39 is 11.9 Å². The second kappa shape index (κ2) is 8.97. The van der Waals surface area contributed by atoms with Crippen molar-refractivity contribution in [1.29, 1.82) is 0 Å². The number of alkyl halides is 1. The van der Waals surface area contributed by atoms with Crippen molar-refractivity contribution in [1.82, 2.24) is 0 Å². The van der Waals surface area contributed by atoms with E-state index in [0.717, 1.165) is 0 Å². The average Bonchev–Trinajstić information content (AvgIpc) is 2.31. The number of methoxy groups -OCH3 is 2. The smallest absolute Gasteiger partial charge is 0.334 e. The van der Waals surface area contributed by atoms with Crippen LogP contribution in [0.5, 0.6) is 0 Å². The second-order valence-corrected chi connectivity index (χ2v) is 3.22. The van der Waals surface area contributed by atoms with Crippen molar-refractivity contribution < 1.29 is 19.1 Å². The molecule has 0 aliphatic rings. The van der Waals surface area contributed by atoms with Gasteiger partial charge in [-0.3, -0.25) is 4.79 Å². The normalized spacial score (nSPS) is 11.6. The Morgan fingerprint density at radius 2 is 1.94 bits per heavy atom. The van der Waals surface area contributed by atoms with Crippen molar-refractivity contribution >= 4 is 23.5 Å². The number of carbonyl (C=O) groups excluding carboxylic acids is 2. The Bertz CT molecular complexity index is 294. The maximum absolute atomic E-state index is 11.3. The zero-order chi connectivity index (χ0) is 12.4. The van der Waals surface area contributed by atoms with Gasteiger partial charge in [-0.1, -0.05) is 18.2 Å². The summed E-state index contributed by atoms with van der Waals surface area (Å²) in [5, 5.41) is 0. The van der Waals surface area contributed by atoms with Gasteiger partial charge in [0.1, 0.15) is 0 Å². The molecule has 0 aromatic rings. The van der Waals surface area contributed by atoms with Gasteiger partial charge in [-0.25, -0.2) is 4.79 Å². The average molecular weight is 247 g/mol. The first-order chi connectivity index (χ1) is 7.65. The Morgan fingerprint density at radius 1 is 1.25 bits per heavy atom. The van der Waals surface area contributed by atoms with Gasteiger partial charge >= 0.3 is 11.9 Å². The van der Waals surface area contributed by atoms with Crippen LogP contribution in [0.4, 0.5) is 0 Å². The predicted molar refractivity (Wildman–Crippen MR) is 61.2 cm³/mol. The summed E-state index contributed by atoms with van der Waals surface area (Å²) in [5.41, 5.74) is 0.250. The van der Waals surface area contributed by atoms with Crippen molar-refractivity contribution in [3.63, 3.8) is 0 Å². The summed E-state index contributed by atoms with van der Waals surface area (Å²) < 4.78 is 9.01. The molecule has 16 heavy (non-hydrogen) atoms.